The van der Waals surface area contributed by atoms with Gasteiger partial charge in [0.1, 0.15) is 0 Å². The molecule has 3 aliphatic carbocycles. The summed E-state index contributed by atoms with van der Waals surface area (Å²) in [5, 5.41) is 5.05. The van der Waals surface area contributed by atoms with Gasteiger partial charge in [-0.25, -0.2) is 9.78 Å². The van der Waals surface area contributed by atoms with E-state index in [2.05, 4.69) is 20.4 Å². The molecule has 0 atom stereocenters. The summed E-state index contributed by atoms with van der Waals surface area (Å²) in [6, 6.07) is 2.20. The minimum Gasteiger partial charge on any atom is -0.468 e. The largest absolute Gasteiger partial charge is 0.468 e. The van der Waals surface area contributed by atoms with Crippen LogP contribution in [0.25, 0.3) is 0 Å². The molecule has 2 N–H and O–H groups in total. The maximum Gasteiger partial charge on any atom is 0.422 e. The van der Waals surface area contributed by atoms with Crippen LogP contribution in [0.4, 0.5) is 31.1 Å². The van der Waals surface area contributed by atoms with E-state index in [9.17, 15) is 31.1 Å². The third-order valence-electron chi connectivity index (χ3n) is 5.00. The van der Waals surface area contributed by atoms with Crippen LogP contribution in [0, 0.1) is 10.8 Å². The van der Waals surface area contributed by atoms with Gasteiger partial charge in [0.25, 0.3) is 0 Å². The highest BCUT2D eigenvalue weighted by molar-refractivity contribution is 5.74. The molecule has 150 valence electrons. The van der Waals surface area contributed by atoms with Crippen molar-refractivity contribution < 1.29 is 35.9 Å². The molecule has 0 spiro atoms. The number of hydrogen-bond acceptors (Lipinski definition) is 3. The molecular formula is C16H17F6N3O2. The van der Waals surface area contributed by atoms with Gasteiger partial charge in [0.15, 0.2) is 6.61 Å². The first kappa shape index (κ1) is 19.6. The number of carbonyl (C=O) groups excluding carboxylic acids is 1. The Morgan fingerprint density at radius 3 is 2.41 bits per heavy atom. The van der Waals surface area contributed by atoms with Gasteiger partial charge in [-0.2, -0.15) is 26.3 Å². The van der Waals surface area contributed by atoms with Crippen molar-refractivity contribution in [3.8, 4) is 5.88 Å². The van der Waals surface area contributed by atoms with Gasteiger partial charge in [-0.1, -0.05) is 0 Å². The van der Waals surface area contributed by atoms with Crippen LogP contribution in [0.2, 0.25) is 0 Å². The quantitative estimate of drug-likeness (QED) is 0.722. The number of amides is 2. The first-order chi connectivity index (χ1) is 12.4. The van der Waals surface area contributed by atoms with E-state index < -0.39 is 35.8 Å². The van der Waals surface area contributed by atoms with E-state index in [4.69, 9.17) is 0 Å². The van der Waals surface area contributed by atoms with E-state index in [1.807, 2.05) is 0 Å². The lowest BCUT2D eigenvalue weighted by Crippen LogP contribution is -2.71. The molecule has 0 unspecified atom stereocenters. The zero-order valence-electron chi connectivity index (χ0n) is 14.0. The summed E-state index contributed by atoms with van der Waals surface area (Å²) in [7, 11) is 0. The van der Waals surface area contributed by atoms with Crippen LogP contribution in [0.5, 0.6) is 5.88 Å². The van der Waals surface area contributed by atoms with Crippen LogP contribution >= 0.6 is 0 Å². The summed E-state index contributed by atoms with van der Waals surface area (Å²) >= 11 is 0. The molecule has 2 amide bonds. The first-order valence-electron chi connectivity index (χ1n) is 8.15. The highest BCUT2D eigenvalue weighted by atomic mass is 19.4. The number of nitrogens with one attached hydrogen (secondary N) is 2. The standard InChI is InChI=1S/C16H17F6N3O2/c17-15(18,19)9-27-11-3-10(1-2-23-11)4-24-12(26)25-8-13-5-14(6-13,7-13)16(20,21)22/h1-3H,4-9H2,(H2,24,25,26). The molecule has 4 rings (SSSR count). The van der Waals surface area contributed by atoms with Crippen molar-refractivity contribution in [1.29, 1.82) is 0 Å². The molecule has 27 heavy (non-hydrogen) atoms. The minimum atomic E-state index is -4.48. The molecular weight excluding hydrogens is 380 g/mol. The number of alkyl halides is 6. The molecule has 1 heterocycles. The lowest BCUT2D eigenvalue weighted by atomic mass is 9.35. The van der Waals surface area contributed by atoms with Crippen LogP contribution in [-0.4, -0.2) is 36.5 Å². The predicted molar refractivity (Wildman–Crippen MR) is 80.8 cm³/mol. The Labute approximate surface area is 150 Å². The number of pyridine rings is 1. The Bertz CT molecular complexity index is 699. The number of carbonyl (C=O) groups is 1. The SMILES string of the molecule is O=C(NCc1ccnc(OCC(F)(F)F)c1)NCC12CC(C(F)(F)F)(C1)C2. The average Bonchev–Trinajstić information content (AvgIpc) is 2.47. The van der Waals surface area contributed by atoms with Gasteiger partial charge in [0, 0.05) is 25.4 Å². The number of nitrogens with zero attached hydrogens (tertiary/aromatic N) is 1. The Balaban J connectivity index is 1.39. The fourth-order valence-corrected chi connectivity index (χ4v) is 3.79. The normalized spacial score (nSPS) is 26.6. The molecule has 1 aromatic heterocycles. The molecule has 0 aliphatic heterocycles. The van der Waals surface area contributed by atoms with Gasteiger partial charge in [-0.3, -0.25) is 0 Å². The van der Waals surface area contributed by atoms with Crippen molar-refractivity contribution in [1.82, 2.24) is 15.6 Å². The monoisotopic (exact) mass is 397 g/mol. The highest BCUT2D eigenvalue weighted by Crippen LogP contribution is 2.78. The van der Waals surface area contributed by atoms with Crippen LogP contribution < -0.4 is 15.4 Å². The van der Waals surface area contributed by atoms with Crippen molar-refractivity contribution >= 4 is 6.03 Å². The fourth-order valence-electron chi connectivity index (χ4n) is 3.79. The molecule has 2 bridgehead atoms. The topological polar surface area (TPSA) is 63.2 Å². The molecule has 0 aromatic carbocycles. The van der Waals surface area contributed by atoms with E-state index in [0.717, 1.165) is 0 Å². The Hall–Kier alpha value is -2.20. The number of urea groups is 1. The van der Waals surface area contributed by atoms with Crippen LogP contribution in [0.1, 0.15) is 24.8 Å². The molecule has 1 aromatic rings. The molecule has 3 saturated carbocycles. The lowest BCUT2D eigenvalue weighted by Gasteiger charge is -2.70. The number of rotatable bonds is 6. The summed E-state index contributed by atoms with van der Waals surface area (Å²) in [6.07, 6.45) is -7.32. The maximum atomic E-state index is 12.8. The van der Waals surface area contributed by atoms with E-state index in [1.165, 1.54) is 18.3 Å². The zero-order valence-corrected chi connectivity index (χ0v) is 14.0. The van der Waals surface area contributed by atoms with Crippen LogP contribution in [0.3, 0.4) is 0 Å². The molecule has 0 radical (unpaired) electrons. The summed E-state index contributed by atoms with van der Waals surface area (Å²) < 4.78 is 79.2. The maximum absolute atomic E-state index is 12.8. The summed E-state index contributed by atoms with van der Waals surface area (Å²) in [6.45, 7) is -1.30. The van der Waals surface area contributed by atoms with Gasteiger partial charge in [-0.05, 0) is 36.3 Å². The minimum absolute atomic E-state index is 0.0101. The highest BCUT2D eigenvalue weighted by Gasteiger charge is 2.78. The summed E-state index contributed by atoms with van der Waals surface area (Å²) in [4.78, 5) is 15.4. The van der Waals surface area contributed by atoms with Crippen molar-refractivity contribution in [3.63, 3.8) is 0 Å². The summed E-state index contributed by atoms with van der Waals surface area (Å²) in [5.41, 5.74) is -1.56. The van der Waals surface area contributed by atoms with Crippen molar-refractivity contribution in [2.24, 2.45) is 10.8 Å². The van der Waals surface area contributed by atoms with Crippen LogP contribution in [0.15, 0.2) is 18.3 Å². The second-order valence-electron chi connectivity index (χ2n) is 7.25. The predicted octanol–water partition coefficient (Wildman–Crippen LogP) is 3.55. The Morgan fingerprint density at radius 2 is 1.81 bits per heavy atom. The van der Waals surface area contributed by atoms with Gasteiger partial charge in [0.2, 0.25) is 5.88 Å². The number of aromatic nitrogens is 1. The second-order valence-corrected chi connectivity index (χ2v) is 7.25. The lowest BCUT2D eigenvalue weighted by molar-refractivity contribution is -0.360. The second kappa shape index (κ2) is 6.45. The molecule has 5 nitrogen and oxygen atoms in total. The van der Waals surface area contributed by atoms with Gasteiger partial charge in [0.05, 0.1) is 5.41 Å². The number of hydrogen-bond donors (Lipinski definition) is 2. The van der Waals surface area contributed by atoms with E-state index in [-0.39, 0.29) is 38.2 Å². The fraction of sp³-hybridized carbons (Fsp3) is 0.625. The van der Waals surface area contributed by atoms with Crippen LogP contribution in [-0.2, 0) is 6.54 Å². The zero-order chi connectivity index (χ0) is 19.9. The molecule has 11 heteroatoms. The first-order valence-corrected chi connectivity index (χ1v) is 8.15. The smallest absolute Gasteiger partial charge is 0.422 e. The Kier molecular flexibility index (Phi) is 4.67. The third-order valence-corrected chi connectivity index (χ3v) is 5.00. The van der Waals surface area contributed by atoms with Crippen molar-refractivity contribution in [2.45, 2.75) is 38.2 Å². The van der Waals surface area contributed by atoms with E-state index in [0.29, 0.717) is 5.56 Å². The third kappa shape index (κ3) is 4.22. The molecule has 3 aliphatic rings. The van der Waals surface area contributed by atoms with E-state index in [1.54, 1.807) is 0 Å². The summed E-state index contributed by atoms with van der Waals surface area (Å²) in [5.74, 6) is -0.224. The van der Waals surface area contributed by atoms with Crippen molar-refractivity contribution in [2.75, 3.05) is 13.2 Å². The number of ether oxygens (including phenoxy) is 1. The average molecular weight is 397 g/mol. The molecule has 0 saturated heterocycles. The Morgan fingerprint density at radius 1 is 1.15 bits per heavy atom. The molecule has 3 fully saturated rings. The van der Waals surface area contributed by atoms with Gasteiger partial charge < -0.3 is 15.4 Å². The van der Waals surface area contributed by atoms with E-state index >= 15 is 0 Å². The van der Waals surface area contributed by atoms with Crippen molar-refractivity contribution in [3.05, 3.63) is 23.9 Å². The van der Waals surface area contributed by atoms with Gasteiger partial charge in [-0.15, -0.1) is 0 Å². The van der Waals surface area contributed by atoms with Gasteiger partial charge >= 0.3 is 18.4 Å². The number of halogens is 6.